The number of benzene rings is 2. The zero-order chi connectivity index (χ0) is 18.6. The maximum absolute atomic E-state index is 11.3. The first kappa shape index (κ1) is 18.1. The molecule has 0 aliphatic heterocycles. The summed E-state index contributed by atoms with van der Waals surface area (Å²) in [6, 6.07) is 8.53. The Morgan fingerprint density at radius 1 is 1.16 bits per heavy atom. The first-order chi connectivity index (χ1) is 11.8. The van der Waals surface area contributed by atoms with E-state index in [2.05, 4.69) is 15.5 Å². The van der Waals surface area contributed by atoms with Gasteiger partial charge in [0.25, 0.3) is 5.69 Å². The zero-order valence-corrected chi connectivity index (χ0v) is 14.5. The van der Waals surface area contributed by atoms with Crippen molar-refractivity contribution in [2.45, 2.75) is 13.8 Å². The minimum absolute atomic E-state index is 0.101. The summed E-state index contributed by atoms with van der Waals surface area (Å²) in [4.78, 5) is 23.5. The summed E-state index contributed by atoms with van der Waals surface area (Å²) in [6.45, 7) is 3.53. The van der Waals surface area contributed by atoms with Gasteiger partial charge in [-0.25, -0.2) is 0 Å². The normalized spacial score (nSPS) is 10.7. The lowest BCUT2D eigenvalue weighted by molar-refractivity contribution is -0.384. The molecule has 8 nitrogen and oxygen atoms in total. The van der Waals surface area contributed by atoms with Gasteiger partial charge in [-0.1, -0.05) is 6.07 Å². The van der Waals surface area contributed by atoms with E-state index in [1.165, 1.54) is 6.07 Å². The van der Waals surface area contributed by atoms with Crippen LogP contribution in [0.4, 0.5) is 28.4 Å². The van der Waals surface area contributed by atoms with Crippen LogP contribution in [0, 0.1) is 24.0 Å². The van der Waals surface area contributed by atoms with E-state index in [1.54, 1.807) is 32.0 Å². The standard InChI is InChI=1S/C17H19N5O3/c1-11-7-12(2)17(16(8-11)22(24)25)20-19-14-6-5-13(21(3)4)9-15(14)18-10-23/h5-10H,1-4H3,(H,18,23). The minimum Gasteiger partial charge on any atom is -0.378 e. The number of hydrogen-bond acceptors (Lipinski definition) is 6. The number of hydrogen-bond donors (Lipinski definition) is 1. The van der Waals surface area contributed by atoms with Crippen molar-refractivity contribution >= 4 is 34.8 Å². The molecule has 0 unspecified atom stereocenters. The van der Waals surface area contributed by atoms with Crippen molar-refractivity contribution in [2.24, 2.45) is 10.2 Å². The number of azo groups is 1. The van der Waals surface area contributed by atoms with Gasteiger partial charge in [0.15, 0.2) is 5.69 Å². The Morgan fingerprint density at radius 3 is 2.48 bits per heavy atom. The topological polar surface area (TPSA) is 100 Å². The van der Waals surface area contributed by atoms with E-state index in [9.17, 15) is 14.9 Å². The molecule has 0 aliphatic carbocycles. The molecule has 130 valence electrons. The van der Waals surface area contributed by atoms with Crippen LogP contribution in [0.3, 0.4) is 0 Å². The van der Waals surface area contributed by atoms with Gasteiger partial charge in [0.05, 0.1) is 10.6 Å². The van der Waals surface area contributed by atoms with Crippen LogP contribution >= 0.6 is 0 Å². The number of nitrogens with one attached hydrogen (secondary N) is 1. The summed E-state index contributed by atoms with van der Waals surface area (Å²) in [5.41, 5.74) is 3.29. The quantitative estimate of drug-likeness (QED) is 0.367. The van der Waals surface area contributed by atoms with Crippen molar-refractivity contribution in [3.63, 3.8) is 0 Å². The van der Waals surface area contributed by atoms with Gasteiger partial charge in [-0.05, 0) is 43.2 Å². The van der Waals surface area contributed by atoms with E-state index < -0.39 is 4.92 Å². The summed E-state index contributed by atoms with van der Waals surface area (Å²) in [6.07, 6.45) is 0.549. The maximum atomic E-state index is 11.3. The van der Waals surface area contributed by atoms with Crippen molar-refractivity contribution in [1.29, 1.82) is 0 Å². The molecular weight excluding hydrogens is 322 g/mol. The number of amides is 1. The van der Waals surface area contributed by atoms with E-state index in [0.29, 0.717) is 23.3 Å². The van der Waals surface area contributed by atoms with Crippen LogP contribution in [0.15, 0.2) is 40.6 Å². The number of nitro groups is 1. The largest absolute Gasteiger partial charge is 0.378 e. The molecule has 8 heteroatoms. The van der Waals surface area contributed by atoms with E-state index in [1.807, 2.05) is 25.1 Å². The number of carbonyl (C=O) groups excluding carboxylic acids is 1. The Labute approximate surface area is 145 Å². The Balaban J connectivity index is 2.49. The zero-order valence-electron chi connectivity index (χ0n) is 14.5. The number of rotatable bonds is 6. The molecule has 2 aromatic carbocycles. The fourth-order valence-corrected chi connectivity index (χ4v) is 2.38. The van der Waals surface area contributed by atoms with Gasteiger partial charge in [-0.3, -0.25) is 14.9 Å². The number of anilines is 2. The van der Waals surface area contributed by atoms with Crippen molar-refractivity contribution in [1.82, 2.24) is 0 Å². The second kappa shape index (κ2) is 7.52. The van der Waals surface area contributed by atoms with Gasteiger partial charge in [-0.2, -0.15) is 0 Å². The van der Waals surface area contributed by atoms with Gasteiger partial charge in [-0.15, -0.1) is 10.2 Å². The molecule has 2 rings (SSSR count). The molecule has 0 radical (unpaired) electrons. The van der Waals surface area contributed by atoms with E-state index in [0.717, 1.165) is 11.3 Å². The van der Waals surface area contributed by atoms with Gasteiger partial charge in [0.2, 0.25) is 6.41 Å². The second-order valence-electron chi connectivity index (χ2n) is 5.76. The summed E-state index contributed by atoms with van der Waals surface area (Å²) < 4.78 is 0. The van der Waals surface area contributed by atoms with Gasteiger partial charge < -0.3 is 10.2 Å². The lowest BCUT2D eigenvalue weighted by Gasteiger charge is -2.14. The Morgan fingerprint density at radius 2 is 1.88 bits per heavy atom. The summed E-state index contributed by atoms with van der Waals surface area (Å²) >= 11 is 0. The lowest BCUT2D eigenvalue weighted by Crippen LogP contribution is -2.08. The molecule has 0 saturated carbocycles. The SMILES string of the molecule is Cc1cc(C)c(N=Nc2ccc(N(C)C)cc2NC=O)c([N+](=O)[O-])c1. The van der Waals surface area contributed by atoms with Crippen molar-refractivity contribution in [3.8, 4) is 0 Å². The fourth-order valence-electron chi connectivity index (χ4n) is 2.38. The Bertz CT molecular complexity index is 846. The molecule has 0 spiro atoms. The predicted molar refractivity (Wildman–Crippen MR) is 97.2 cm³/mol. The first-order valence-electron chi connectivity index (χ1n) is 7.52. The third-order valence-corrected chi connectivity index (χ3v) is 3.59. The van der Waals surface area contributed by atoms with Crippen LogP contribution in [0.1, 0.15) is 11.1 Å². The monoisotopic (exact) mass is 341 g/mol. The molecular formula is C17H19N5O3. The van der Waals surface area contributed by atoms with E-state index >= 15 is 0 Å². The highest BCUT2D eigenvalue weighted by molar-refractivity contribution is 5.82. The third kappa shape index (κ3) is 4.17. The predicted octanol–water partition coefficient (Wildman–Crippen LogP) is 4.26. The number of nitrogens with zero attached hydrogens (tertiary/aromatic N) is 4. The van der Waals surface area contributed by atoms with Crippen molar-refractivity contribution in [2.75, 3.05) is 24.3 Å². The van der Waals surface area contributed by atoms with Gasteiger partial charge in [0.1, 0.15) is 5.69 Å². The highest BCUT2D eigenvalue weighted by Gasteiger charge is 2.17. The second-order valence-corrected chi connectivity index (χ2v) is 5.76. The summed E-state index contributed by atoms with van der Waals surface area (Å²) in [7, 11) is 3.75. The number of carbonyl (C=O) groups is 1. The molecule has 0 saturated heterocycles. The number of aryl methyl sites for hydroxylation is 2. The molecule has 1 amide bonds. The molecule has 2 aromatic rings. The van der Waals surface area contributed by atoms with Crippen LogP contribution in [0.2, 0.25) is 0 Å². The van der Waals surface area contributed by atoms with Crippen molar-refractivity contribution < 1.29 is 9.72 Å². The number of nitro benzene ring substituents is 1. The lowest BCUT2D eigenvalue weighted by atomic mass is 10.1. The first-order valence-corrected chi connectivity index (χ1v) is 7.52. The molecule has 0 atom stereocenters. The minimum atomic E-state index is -0.478. The van der Waals surface area contributed by atoms with Crippen LogP contribution in [-0.4, -0.2) is 25.4 Å². The van der Waals surface area contributed by atoms with Crippen LogP contribution < -0.4 is 10.2 Å². The summed E-state index contributed by atoms with van der Waals surface area (Å²) in [5, 5.41) is 22.0. The Hall–Kier alpha value is -3.29. The van der Waals surface area contributed by atoms with Crippen LogP contribution in [0.25, 0.3) is 0 Å². The molecule has 1 N–H and O–H groups in total. The molecule has 25 heavy (non-hydrogen) atoms. The average molecular weight is 341 g/mol. The fraction of sp³-hybridized carbons (Fsp3) is 0.235. The van der Waals surface area contributed by atoms with Crippen LogP contribution in [0.5, 0.6) is 0 Å². The Kier molecular flexibility index (Phi) is 5.43. The highest BCUT2D eigenvalue weighted by atomic mass is 16.6. The van der Waals surface area contributed by atoms with Crippen LogP contribution in [-0.2, 0) is 4.79 Å². The molecule has 0 heterocycles. The van der Waals surface area contributed by atoms with Crippen molar-refractivity contribution in [3.05, 3.63) is 51.6 Å². The summed E-state index contributed by atoms with van der Waals surface area (Å²) in [5.74, 6) is 0. The third-order valence-electron chi connectivity index (χ3n) is 3.59. The molecule has 0 aliphatic rings. The molecule has 0 aromatic heterocycles. The highest BCUT2D eigenvalue weighted by Crippen LogP contribution is 2.35. The van der Waals surface area contributed by atoms with Gasteiger partial charge in [0, 0.05) is 25.8 Å². The van der Waals surface area contributed by atoms with Gasteiger partial charge >= 0.3 is 0 Å². The maximum Gasteiger partial charge on any atom is 0.297 e. The molecule has 0 bridgehead atoms. The van der Waals surface area contributed by atoms with E-state index in [-0.39, 0.29) is 11.4 Å². The average Bonchev–Trinajstić information content (AvgIpc) is 2.54. The molecule has 0 fully saturated rings. The van der Waals surface area contributed by atoms with E-state index in [4.69, 9.17) is 0 Å². The smallest absolute Gasteiger partial charge is 0.297 e.